The topological polar surface area (TPSA) is 53.6 Å². The van der Waals surface area contributed by atoms with Gasteiger partial charge in [0, 0.05) is 12.5 Å². The largest absolute Gasteiger partial charge is 0.310 e. The molecule has 1 unspecified atom stereocenters. The normalized spacial score (nSPS) is 12.6. The highest BCUT2D eigenvalue weighted by atomic mass is 19.1. The Hall–Kier alpha value is -1.75. The number of nitrogens with zero attached hydrogens (tertiary/aromatic N) is 2. The first kappa shape index (κ1) is 12.7. The van der Waals surface area contributed by atoms with Gasteiger partial charge in [0.1, 0.15) is 18.0 Å². The van der Waals surface area contributed by atoms with Crippen molar-refractivity contribution in [3.63, 3.8) is 0 Å². The molecule has 18 heavy (non-hydrogen) atoms. The van der Waals surface area contributed by atoms with E-state index in [9.17, 15) is 4.39 Å². The van der Waals surface area contributed by atoms with Crippen LogP contribution in [-0.4, -0.2) is 21.7 Å². The lowest BCUT2D eigenvalue weighted by molar-refractivity contribution is 0.548. The third kappa shape index (κ3) is 3.63. The van der Waals surface area contributed by atoms with Crippen molar-refractivity contribution >= 4 is 0 Å². The molecule has 1 heterocycles. The molecule has 0 radical (unpaired) electrons. The van der Waals surface area contributed by atoms with E-state index >= 15 is 0 Å². The monoisotopic (exact) mass is 248 g/mol. The summed E-state index contributed by atoms with van der Waals surface area (Å²) in [6.07, 6.45) is 3.34. The SMILES string of the molecule is CC(NCCCc1ncn[nH]1)c1cccc(F)c1. The van der Waals surface area contributed by atoms with E-state index in [0.29, 0.717) is 0 Å². The van der Waals surface area contributed by atoms with Gasteiger partial charge in [0.15, 0.2) is 0 Å². The van der Waals surface area contributed by atoms with Crippen molar-refractivity contribution < 1.29 is 4.39 Å². The molecule has 1 atom stereocenters. The molecule has 2 rings (SSSR count). The molecule has 0 saturated heterocycles. The van der Waals surface area contributed by atoms with Crippen LogP contribution in [0.2, 0.25) is 0 Å². The molecule has 0 fully saturated rings. The quantitative estimate of drug-likeness (QED) is 0.771. The van der Waals surface area contributed by atoms with Crippen LogP contribution in [0.4, 0.5) is 4.39 Å². The summed E-state index contributed by atoms with van der Waals surface area (Å²) in [5, 5.41) is 9.98. The summed E-state index contributed by atoms with van der Waals surface area (Å²) in [6, 6.07) is 6.83. The van der Waals surface area contributed by atoms with E-state index in [4.69, 9.17) is 0 Å². The van der Waals surface area contributed by atoms with Crippen LogP contribution in [0, 0.1) is 5.82 Å². The number of aromatic amines is 1. The molecule has 5 heteroatoms. The smallest absolute Gasteiger partial charge is 0.137 e. The van der Waals surface area contributed by atoms with E-state index in [1.165, 1.54) is 12.4 Å². The van der Waals surface area contributed by atoms with Crippen LogP contribution in [0.5, 0.6) is 0 Å². The van der Waals surface area contributed by atoms with E-state index in [1.54, 1.807) is 12.1 Å². The summed E-state index contributed by atoms with van der Waals surface area (Å²) in [5.41, 5.74) is 0.967. The standard InChI is InChI=1S/C13H17FN4/c1-10(11-4-2-5-12(14)8-11)15-7-3-6-13-16-9-17-18-13/h2,4-5,8-10,15H,3,6-7H2,1H3,(H,16,17,18). The Morgan fingerprint density at radius 1 is 1.44 bits per heavy atom. The van der Waals surface area contributed by atoms with Crippen molar-refractivity contribution in [2.45, 2.75) is 25.8 Å². The summed E-state index contributed by atoms with van der Waals surface area (Å²) in [7, 11) is 0. The number of aromatic nitrogens is 3. The highest BCUT2D eigenvalue weighted by molar-refractivity contribution is 5.19. The molecule has 96 valence electrons. The molecule has 0 bridgehead atoms. The highest BCUT2D eigenvalue weighted by Gasteiger charge is 2.05. The van der Waals surface area contributed by atoms with Gasteiger partial charge in [-0.2, -0.15) is 5.10 Å². The average molecular weight is 248 g/mol. The van der Waals surface area contributed by atoms with Gasteiger partial charge in [-0.05, 0) is 37.6 Å². The lowest BCUT2D eigenvalue weighted by atomic mass is 10.1. The van der Waals surface area contributed by atoms with E-state index in [1.807, 2.05) is 13.0 Å². The van der Waals surface area contributed by atoms with Gasteiger partial charge >= 0.3 is 0 Å². The maximum Gasteiger partial charge on any atom is 0.137 e. The molecule has 0 aliphatic carbocycles. The molecular formula is C13H17FN4. The molecular weight excluding hydrogens is 231 g/mol. The first-order valence-corrected chi connectivity index (χ1v) is 6.09. The summed E-state index contributed by atoms with van der Waals surface area (Å²) in [5.74, 6) is 0.706. The minimum absolute atomic E-state index is 0.149. The molecule has 0 spiro atoms. The van der Waals surface area contributed by atoms with E-state index in [-0.39, 0.29) is 11.9 Å². The number of aryl methyl sites for hydroxylation is 1. The number of nitrogens with one attached hydrogen (secondary N) is 2. The Morgan fingerprint density at radius 3 is 3.06 bits per heavy atom. The van der Waals surface area contributed by atoms with Gasteiger partial charge in [-0.25, -0.2) is 9.37 Å². The number of rotatable bonds is 6. The Kier molecular flexibility index (Phi) is 4.41. The fraction of sp³-hybridized carbons (Fsp3) is 0.385. The van der Waals surface area contributed by atoms with Crippen molar-refractivity contribution in [2.24, 2.45) is 0 Å². The third-order valence-corrected chi connectivity index (χ3v) is 2.85. The van der Waals surface area contributed by atoms with Crippen molar-refractivity contribution in [1.82, 2.24) is 20.5 Å². The lowest BCUT2D eigenvalue weighted by Gasteiger charge is -2.13. The minimum Gasteiger partial charge on any atom is -0.310 e. The third-order valence-electron chi connectivity index (χ3n) is 2.85. The number of benzene rings is 1. The second kappa shape index (κ2) is 6.26. The summed E-state index contributed by atoms with van der Waals surface area (Å²) < 4.78 is 13.1. The highest BCUT2D eigenvalue weighted by Crippen LogP contribution is 2.13. The first-order chi connectivity index (χ1) is 8.75. The molecule has 0 aliphatic heterocycles. The molecule has 2 aromatic rings. The van der Waals surface area contributed by atoms with Gasteiger partial charge in [-0.3, -0.25) is 5.10 Å². The fourth-order valence-corrected chi connectivity index (χ4v) is 1.82. The second-order valence-electron chi connectivity index (χ2n) is 4.27. The van der Waals surface area contributed by atoms with Crippen molar-refractivity contribution in [1.29, 1.82) is 0 Å². The zero-order chi connectivity index (χ0) is 12.8. The first-order valence-electron chi connectivity index (χ1n) is 6.09. The van der Waals surface area contributed by atoms with Gasteiger partial charge in [-0.1, -0.05) is 12.1 Å². The van der Waals surface area contributed by atoms with Crippen LogP contribution < -0.4 is 5.32 Å². The molecule has 2 N–H and O–H groups in total. The Morgan fingerprint density at radius 2 is 2.33 bits per heavy atom. The predicted molar refractivity (Wildman–Crippen MR) is 67.5 cm³/mol. The molecule has 0 saturated carbocycles. The van der Waals surface area contributed by atoms with Gasteiger partial charge < -0.3 is 5.32 Å². The zero-order valence-electron chi connectivity index (χ0n) is 10.4. The van der Waals surface area contributed by atoms with E-state index in [0.717, 1.165) is 30.8 Å². The minimum atomic E-state index is -0.192. The van der Waals surface area contributed by atoms with Crippen LogP contribution in [-0.2, 0) is 6.42 Å². The number of H-pyrrole nitrogens is 1. The summed E-state index contributed by atoms with van der Waals surface area (Å²) in [4.78, 5) is 4.06. The molecule has 4 nitrogen and oxygen atoms in total. The van der Waals surface area contributed by atoms with Gasteiger partial charge in [0.05, 0.1) is 0 Å². The fourth-order valence-electron chi connectivity index (χ4n) is 1.82. The Bertz CT molecular complexity index is 470. The van der Waals surface area contributed by atoms with Crippen LogP contribution in [0.15, 0.2) is 30.6 Å². The van der Waals surface area contributed by atoms with E-state index < -0.39 is 0 Å². The summed E-state index contributed by atoms with van der Waals surface area (Å²) in [6.45, 7) is 2.89. The molecule has 1 aromatic heterocycles. The van der Waals surface area contributed by atoms with Crippen molar-refractivity contribution in [3.8, 4) is 0 Å². The Labute approximate surface area is 106 Å². The molecule has 1 aromatic carbocycles. The number of hydrogen-bond donors (Lipinski definition) is 2. The van der Waals surface area contributed by atoms with Crippen molar-refractivity contribution in [2.75, 3.05) is 6.54 Å². The average Bonchev–Trinajstić information content (AvgIpc) is 2.87. The van der Waals surface area contributed by atoms with Crippen LogP contribution >= 0.6 is 0 Å². The van der Waals surface area contributed by atoms with Gasteiger partial charge in [0.25, 0.3) is 0 Å². The summed E-state index contributed by atoms with van der Waals surface area (Å²) >= 11 is 0. The Balaban J connectivity index is 1.73. The van der Waals surface area contributed by atoms with Crippen LogP contribution in [0.25, 0.3) is 0 Å². The zero-order valence-corrected chi connectivity index (χ0v) is 10.4. The van der Waals surface area contributed by atoms with Crippen LogP contribution in [0.3, 0.4) is 0 Å². The van der Waals surface area contributed by atoms with Gasteiger partial charge in [0.2, 0.25) is 0 Å². The van der Waals surface area contributed by atoms with Gasteiger partial charge in [-0.15, -0.1) is 0 Å². The van der Waals surface area contributed by atoms with Crippen molar-refractivity contribution in [3.05, 3.63) is 47.8 Å². The van der Waals surface area contributed by atoms with E-state index in [2.05, 4.69) is 20.5 Å². The maximum absolute atomic E-state index is 13.1. The molecule has 0 amide bonds. The molecule has 0 aliphatic rings. The van der Waals surface area contributed by atoms with Crippen LogP contribution in [0.1, 0.15) is 30.8 Å². The number of hydrogen-bond acceptors (Lipinski definition) is 3. The lowest BCUT2D eigenvalue weighted by Crippen LogP contribution is -2.20. The predicted octanol–water partition coefficient (Wildman–Crippen LogP) is 2.23. The maximum atomic E-state index is 13.1. The number of halogens is 1. The second-order valence-corrected chi connectivity index (χ2v) is 4.27.